The van der Waals surface area contributed by atoms with E-state index in [1.807, 2.05) is 19.1 Å². The molecule has 6 heteroatoms. The number of rotatable bonds is 6. The molecule has 1 heterocycles. The quantitative estimate of drug-likeness (QED) is 0.819. The number of ether oxygens (including phenoxy) is 1. The molecule has 1 aliphatic heterocycles. The molecule has 146 valence electrons. The molecule has 1 saturated heterocycles. The highest BCUT2D eigenvalue weighted by Gasteiger charge is 2.17. The fraction of sp³-hybridized carbons (Fsp3) is 0.429. The van der Waals surface area contributed by atoms with Crippen molar-refractivity contribution in [3.8, 4) is 5.75 Å². The molecule has 2 aromatic carbocycles. The van der Waals surface area contributed by atoms with Gasteiger partial charge in [0.15, 0.2) is 0 Å². The Morgan fingerprint density at radius 1 is 1.19 bits per heavy atom. The van der Waals surface area contributed by atoms with Gasteiger partial charge in [0.25, 0.3) is 0 Å². The molecule has 0 aromatic heterocycles. The van der Waals surface area contributed by atoms with Gasteiger partial charge in [-0.25, -0.2) is 13.1 Å². The summed E-state index contributed by atoms with van der Waals surface area (Å²) in [6, 6.07) is 13.0. The fourth-order valence-corrected chi connectivity index (χ4v) is 4.63. The van der Waals surface area contributed by atoms with Gasteiger partial charge in [-0.15, -0.1) is 0 Å². The summed E-state index contributed by atoms with van der Waals surface area (Å²) in [4.78, 5) is 2.65. The minimum absolute atomic E-state index is 0.250. The number of nitrogens with zero attached hydrogens (tertiary/aromatic N) is 1. The van der Waals surface area contributed by atoms with E-state index in [1.165, 1.54) is 18.5 Å². The monoisotopic (exact) mass is 388 g/mol. The molecule has 3 rings (SSSR count). The minimum atomic E-state index is -3.56. The van der Waals surface area contributed by atoms with E-state index in [-0.39, 0.29) is 11.4 Å². The van der Waals surface area contributed by atoms with E-state index in [4.69, 9.17) is 4.74 Å². The zero-order chi connectivity index (χ0) is 19.4. The summed E-state index contributed by atoms with van der Waals surface area (Å²) in [5.74, 6) is 1.40. The highest BCUT2D eigenvalue weighted by molar-refractivity contribution is 7.89. The molecular formula is C21H28N2O3S. The Balaban J connectivity index is 1.64. The van der Waals surface area contributed by atoms with Crippen LogP contribution in [0.5, 0.6) is 5.75 Å². The molecule has 1 atom stereocenters. The van der Waals surface area contributed by atoms with Gasteiger partial charge >= 0.3 is 0 Å². The summed E-state index contributed by atoms with van der Waals surface area (Å²) in [7, 11) is -1.99. The summed E-state index contributed by atoms with van der Waals surface area (Å²) in [5.41, 5.74) is 2.94. The van der Waals surface area contributed by atoms with E-state index in [2.05, 4.69) is 28.7 Å². The van der Waals surface area contributed by atoms with Crippen molar-refractivity contribution >= 4 is 15.7 Å². The molecule has 2 aromatic rings. The number of hydrogen-bond donors (Lipinski definition) is 1. The van der Waals surface area contributed by atoms with Crippen LogP contribution in [0.2, 0.25) is 0 Å². The Kier molecular flexibility index (Phi) is 6.07. The Hall–Kier alpha value is -2.05. The smallest absolute Gasteiger partial charge is 0.240 e. The summed E-state index contributed by atoms with van der Waals surface area (Å²) >= 11 is 0. The fourth-order valence-electron chi connectivity index (χ4n) is 3.53. The number of sulfonamides is 1. The van der Waals surface area contributed by atoms with E-state index in [0.29, 0.717) is 5.75 Å². The minimum Gasteiger partial charge on any atom is -0.496 e. The molecule has 1 aliphatic rings. The first kappa shape index (κ1) is 19.7. The molecule has 27 heavy (non-hydrogen) atoms. The van der Waals surface area contributed by atoms with Gasteiger partial charge in [0.05, 0.1) is 12.0 Å². The summed E-state index contributed by atoms with van der Waals surface area (Å²) in [5, 5.41) is 0. The van der Waals surface area contributed by atoms with Gasteiger partial charge in [0.1, 0.15) is 5.75 Å². The second-order valence-corrected chi connectivity index (χ2v) is 9.08. The molecular weight excluding hydrogens is 360 g/mol. The molecule has 0 bridgehead atoms. The molecule has 0 spiro atoms. The van der Waals surface area contributed by atoms with Crippen molar-refractivity contribution in [2.24, 2.45) is 5.92 Å². The predicted molar refractivity (Wildman–Crippen MR) is 109 cm³/mol. The molecule has 0 saturated carbocycles. The maximum Gasteiger partial charge on any atom is 0.240 e. The summed E-state index contributed by atoms with van der Waals surface area (Å²) in [6.45, 7) is 6.56. The van der Waals surface area contributed by atoms with Gasteiger partial charge in [-0.1, -0.05) is 19.1 Å². The molecule has 0 aliphatic carbocycles. The molecule has 0 unspecified atom stereocenters. The lowest BCUT2D eigenvalue weighted by atomic mass is 9.99. The highest BCUT2D eigenvalue weighted by Crippen LogP contribution is 2.24. The van der Waals surface area contributed by atoms with E-state index in [1.54, 1.807) is 25.3 Å². The third-order valence-corrected chi connectivity index (χ3v) is 6.50. The molecule has 5 nitrogen and oxygen atoms in total. The average molecular weight is 389 g/mol. The Morgan fingerprint density at radius 3 is 2.56 bits per heavy atom. The lowest BCUT2D eigenvalue weighted by Crippen LogP contribution is -2.34. The van der Waals surface area contributed by atoms with Crippen LogP contribution in [0, 0.1) is 12.8 Å². The highest BCUT2D eigenvalue weighted by atomic mass is 32.2. The van der Waals surface area contributed by atoms with Crippen LogP contribution in [-0.2, 0) is 16.6 Å². The lowest BCUT2D eigenvalue weighted by Gasteiger charge is -2.32. The number of anilines is 1. The van der Waals surface area contributed by atoms with Crippen LogP contribution in [0.4, 0.5) is 5.69 Å². The van der Waals surface area contributed by atoms with Gasteiger partial charge in [0, 0.05) is 25.3 Å². The molecule has 0 radical (unpaired) electrons. The van der Waals surface area contributed by atoms with Gasteiger partial charge in [-0.3, -0.25) is 0 Å². The van der Waals surface area contributed by atoms with Crippen molar-refractivity contribution in [2.75, 3.05) is 25.1 Å². The van der Waals surface area contributed by atoms with Crippen molar-refractivity contribution in [1.82, 2.24) is 4.72 Å². The number of methoxy groups -OCH3 is 1. The van der Waals surface area contributed by atoms with Gasteiger partial charge in [0.2, 0.25) is 10.0 Å². The normalized spacial score (nSPS) is 17.7. The Morgan fingerprint density at radius 2 is 1.93 bits per heavy atom. The number of piperidine rings is 1. The van der Waals surface area contributed by atoms with Crippen LogP contribution in [0.3, 0.4) is 0 Å². The topological polar surface area (TPSA) is 58.6 Å². The van der Waals surface area contributed by atoms with Gasteiger partial charge in [-0.05, 0) is 67.1 Å². The average Bonchev–Trinajstić information content (AvgIpc) is 2.67. The van der Waals surface area contributed by atoms with Crippen molar-refractivity contribution in [3.05, 3.63) is 53.6 Å². The molecule has 1 fully saturated rings. The second kappa shape index (κ2) is 8.31. The van der Waals surface area contributed by atoms with Gasteiger partial charge < -0.3 is 9.64 Å². The first-order chi connectivity index (χ1) is 12.9. The third-order valence-electron chi connectivity index (χ3n) is 5.10. The summed E-state index contributed by atoms with van der Waals surface area (Å²) in [6.07, 6.45) is 2.52. The van der Waals surface area contributed by atoms with E-state index >= 15 is 0 Å². The largest absolute Gasteiger partial charge is 0.496 e. The van der Waals surface area contributed by atoms with Crippen molar-refractivity contribution < 1.29 is 13.2 Å². The van der Waals surface area contributed by atoms with Crippen molar-refractivity contribution in [3.63, 3.8) is 0 Å². The summed E-state index contributed by atoms with van der Waals surface area (Å²) < 4.78 is 33.0. The maximum atomic E-state index is 12.5. The number of benzene rings is 2. The van der Waals surface area contributed by atoms with Crippen molar-refractivity contribution in [1.29, 1.82) is 0 Å². The van der Waals surface area contributed by atoms with E-state index in [0.717, 1.165) is 30.1 Å². The third kappa shape index (κ3) is 4.82. The first-order valence-corrected chi connectivity index (χ1v) is 10.9. The second-order valence-electron chi connectivity index (χ2n) is 7.32. The zero-order valence-electron chi connectivity index (χ0n) is 16.2. The maximum absolute atomic E-state index is 12.5. The van der Waals surface area contributed by atoms with Crippen LogP contribution < -0.4 is 14.4 Å². The van der Waals surface area contributed by atoms with Crippen LogP contribution in [-0.4, -0.2) is 28.6 Å². The van der Waals surface area contributed by atoms with E-state index < -0.39 is 10.0 Å². The molecule has 0 amide bonds. The molecule has 1 N–H and O–H groups in total. The number of nitrogens with one attached hydrogen (secondary N) is 1. The van der Waals surface area contributed by atoms with Crippen LogP contribution in [0.1, 0.15) is 30.9 Å². The lowest BCUT2D eigenvalue weighted by molar-refractivity contribution is 0.411. The predicted octanol–water partition coefficient (Wildman–Crippen LogP) is 3.72. The zero-order valence-corrected chi connectivity index (χ0v) is 17.1. The van der Waals surface area contributed by atoms with Crippen molar-refractivity contribution in [2.45, 2.75) is 38.1 Å². The standard InChI is InChI=1S/C21H28N2O3S/c1-16-5-4-12-23(15-16)19-8-6-18(7-9-19)14-22-27(24,25)20-10-11-21(26-3)17(2)13-20/h6-11,13,16,22H,4-5,12,14-15H2,1-3H3/t16-/m1/s1. The van der Waals surface area contributed by atoms with Gasteiger partial charge in [-0.2, -0.15) is 0 Å². The Labute approximate surface area is 162 Å². The van der Waals surface area contributed by atoms with Crippen LogP contribution in [0.15, 0.2) is 47.4 Å². The van der Waals surface area contributed by atoms with Crippen LogP contribution >= 0.6 is 0 Å². The number of hydrogen-bond acceptors (Lipinski definition) is 4. The van der Waals surface area contributed by atoms with Crippen LogP contribution in [0.25, 0.3) is 0 Å². The first-order valence-electron chi connectivity index (χ1n) is 9.37. The number of aryl methyl sites for hydroxylation is 1. The SMILES string of the molecule is COc1ccc(S(=O)(=O)NCc2ccc(N3CCC[C@@H](C)C3)cc2)cc1C. The Bertz CT molecular complexity index is 879. The van der Waals surface area contributed by atoms with E-state index in [9.17, 15) is 8.42 Å².